The molecule has 1 atom stereocenters. The first kappa shape index (κ1) is 10.1. The van der Waals surface area contributed by atoms with Gasteiger partial charge in [-0.1, -0.05) is 16.8 Å². The third-order valence-electron chi connectivity index (χ3n) is 2.12. The van der Waals surface area contributed by atoms with Crippen molar-refractivity contribution >= 4 is 22.9 Å². The number of hydrogen-bond donors (Lipinski definition) is 2. The first-order valence-corrected chi connectivity index (χ1v) is 4.41. The smallest absolute Gasteiger partial charge is 0.407 e. The zero-order valence-corrected chi connectivity index (χ0v) is 7.74. The molecule has 6 heteroatoms. The van der Waals surface area contributed by atoms with Crippen molar-refractivity contribution in [3.8, 4) is 0 Å². The fourth-order valence-electron chi connectivity index (χ4n) is 1.47. The summed E-state index contributed by atoms with van der Waals surface area (Å²) < 4.78 is 0. The van der Waals surface area contributed by atoms with E-state index in [4.69, 9.17) is 21.9 Å². The highest BCUT2D eigenvalue weighted by Gasteiger charge is 2.29. The number of carbonyl (C=O) groups is 1. The monoisotopic (exact) mass is 206 g/mol. The first-order valence-electron chi connectivity index (χ1n) is 4.04. The molecule has 13 heavy (non-hydrogen) atoms. The normalized spacial score (nSPS) is 24.5. The minimum atomic E-state index is -1.02. The molecule has 0 aromatic heterocycles. The Balaban J connectivity index is 2.73. The van der Waals surface area contributed by atoms with Gasteiger partial charge in [0.25, 0.3) is 0 Å². The van der Waals surface area contributed by atoms with Crippen LogP contribution < -0.4 is 0 Å². The predicted molar refractivity (Wildman–Crippen MR) is 47.4 cm³/mol. The topological polar surface area (TPSA) is 73.1 Å². The highest BCUT2D eigenvalue weighted by Crippen LogP contribution is 2.19. The summed E-state index contributed by atoms with van der Waals surface area (Å²) in [5.41, 5.74) is 0. The molecule has 1 rings (SSSR count). The molecule has 1 heterocycles. The van der Waals surface area contributed by atoms with E-state index in [1.165, 1.54) is 4.90 Å². The number of oxime groups is 1. The lowest BCUT2D eigenvalue weighted by Gasteiger charge is -2.31. The van der Waals surface area contributed by atoms with Crippen LogP contribution in [0, 0.1) is 0 Å². The van der Waals surface area contributed by atoms with Gasteiger partial charge in [-0.15, -0.1) is 0 Å². The zero-order chi connectivity index (χ0) is 9.84. The van der Waals surface area contributed by atoms with E-state index >= 15 is 0 Å². The van der Waals surface area contributed by atoms with Crippen LogP contribution in [0.2, 0.25) is 0 Å². The number of carboxylic acid groups (broad SMARTS) is 1. The molecular formula is C7H11ClN2O3. The maximum absolute atomic E-state index is 10.7. The molecule has 2 N–H and O–H groups in total. The van der Waals surface area contributed by atoms with Crippen molar-refractivity contribution in [2.45, 2.75) is 25.3 Å². The molecule has 5 nitrogen and oxygen atoms in total. The molecule has 0 saturated carbocycles. The van der Waals surface area contributed by atoms with Crippen molar-refractivity contribution < 1.29 is 15.1 Å². The highest BCUT2D eigenvalue weighted by atomic mass is 35.5. The minimum absolute atomic E-state index is 0.0536. The van der Waals surface area contributed by atoms with E-state index in [9.17, 15) is 4.79 Å². The van der Waals surface area contributed by atoms with Gasteiger partial charge in [0.15, 0.2) is 5.17 Å². The molecule has 1 unspecified atom stereocenters. The zero-order valence-electron chi connectivity index (χ0n) is 6.98. The van der Waals surface area contributed by atoms with Crippen molar-refractivity contribution in [1.82, 2.24) is 4.90 Å². The fraction of sp³-hybridized carbons (Fsp3) is 0.714. The van der Waals surface area contributed by atoms with Crippen LogP contribution in [0.1, 0.15) is 19.3 Å². The van der Waals surface area contributed by atoms with Crippen LogP contribution in [0.5, 0.6) is 0 Å². The van der Waals surface area contributed by atoms with Crippen molar-refractivity contribution in [2.24, 2.45) is 5.16 Å². The highest BCUT2D eigenvalue weighted by molar-refractivity contribution is 6.66. The Kier molecular flexibility index (Phi) is 3.36. The van der Waals surface area contributed by atoms with Crippen molar-refractivity contribution in [2.75, 3.05) is 6.54 Å². The molecule has 1 fully saturated rings. The summed E-state index contributed by atoms with van der Waals surface area (Å²) in [6.07, 6.45) is 1.33. The fourth-order valence-corrected chi connectivity index (χ4v) is 1.70. The summed E-state index contributed by atoms with van der Waals surface area (Å²) in [7, 11) is 0. The van der Waals surface area contributed by atoms with E-state index in [1.807, 2.05) is 0 Å². The molecular weight excluding hydrogens is 196 g/mol. The number of halogens is 1. The van der Waals surface area contributed by atoms with Crippen molar-refractivity contribution in [3.05, 3.63) is 0 Å². The second kappa shape index (κ2) is 4.32. The lowest BCUT2D eigenvalue weighted by Crippen LogP contribution is -2.46. The maximum atomic E-state index is 10.7. The Hall–Kier alpha value is -0.970. The summed E-state index contributed by atoms with van der Waals surface area (Å²) in [4.78, 5) is 11.9. The Morgan fingerprint density at radius 1 is 1.54 bits per heavy atom. The predicted octanol–water partition coefficient (Wildman–Crippen LogP) is 1.55. The van der Waals surface area contributed by atoms with Crippen LogP contribution in [-0.4, -0.2) is 39.1 Å². The maximum Gasteiger partial charge on any atom is 0.407 e. The van der Waals surface area contributed by atoms with Gasteiger partial charge in [0.1, 0.15) is 0 Å². The molecule has 1 aliphatic heterocycles. The Morgan fingerprint density at radius 2 is 2.23 bits per heavy atom. The SMILES string of the molecule is O=C(O)N1CCCCC1C(Cl)=NO. The average Bonchev–Trinajstić information content (AvgIpc) is 2.16. The Morgan fingerprint density at radius 3 is 2.77 bits per heavy atom. The summed E-state index contributed by atoms with van der Waals surface area (Å²) in [6.45, 7) is 0.450. The molecule has 0 bridgehead atoms. The molecule has 0 aliphatic carbocycles. The van der Waals surface area contributed by atoms with Crippen molar-refractivity contribution in [3.63, 3.8) is 0 Å². The van der Waals surface area contributed by atoms with E-state index in [2.05, 4.69) is 5.16 Å². The quantitative estimate of drug-likeness (QED) is 0.388. The standard InChI is InChI=1S/C7H11ClN2O3/c8-6(9-13)5-3-1-2-4-10(5)7(11)12/h5,13H,1-4H2,(H,11,12). The van der Waals surface area contributed by atoms with E-state index in [0.717, 1.165) is 12.8 Å². The van der Waals surface area contributed by atoms with Gasteiger partial charge in [0.2, 0.25) is 0 Å². The van der Waals surface area contributed by atoms with Crippen molar-refractivity contribution in [1.29, 1.82) is 0 Å². The van der Waals surface area contributed by atoms with E-state index < -0.39 is 12.1 Å². The Bertz CT molecular complexity index is 232. The Labute approximate surface area is 80.6 Å². The van der Waals surface area contributed by atoms with Gasteiger partial charge in [-0.05, 0) is 19.3 Å². The number of hydrogen-bond acceptors (Lipinski definition) is 3. The lowest BCUT2D eigenvalue weighted by molar-refractivity contribution is 0.124. The number of nitrogens with zero attached hydrogens (tertiary/aromatic N) is 2. The summed E-state index contributed by atoms with van der Waals surface area (Å²) >= 11 is 5.58. The number of likely N-dealkylation sites (tertiary alicyclic amines) is 1. The average molecular weight is 207 g/mol. The molecule has 74 valence electrons. The second-order valence-electron chi connectivity index (χ2n) is 2.91. The van der Waals surface area contributed by atoms with Crippen LogP contribution in [0.15, 0.2) is 5.16 Å². The molecule has 1 amide bonds. The summed E-state index contributed by atoms with van der Waals surface area (Å²) in [5, 5.41) is 20.0. The third kappa shape index (κ3) is 2.24. The van der Waals surface area contributed by atoms with Crippen LogP contribution >= 0.6 is 11.6 Å². The van der Waals surface area contributed by atoms with Crippen LogP contribution in [-0.2, 0) is 0 Å². The van der Waals surface area contributed by atoms with Gasteiger partial charge in [-0.2, -0.15) is 0 Å². The van der Waals surface area contributed by atoms with E-state index in [0.29, 0.717) is 13.0 Å². The second-order valence-corrected chi connectivity index (χ2v) is 3.30. The molecule has 0 radical (unpaired) electrons. The van der Waals surface area contributed by atoms with Crippen LogP contribution in [0.4, 0.5) is 4.79 Å². The molecule has 0 aromatic rings. The minimum Gasteiger partial charge on any atom is -0.465 e. The summed E-state index contributed by atoms with van der Waals surface area (Å²) in [5.74, 6) is 0. The molecule has 1 saturated heterocycles. The largest absolute Gasteiger partial charge is 0.465 e. The van der Waals surface area contributed by atoms with Gasteiger partial charge in [0.05, 0.1) is 6.04 Å². The molecule has 0 aromatic carbocycles. The van der Waals surface area contributed by atoms with Gasteiger partial charge in [-0.25, -0.2) is 4.79 Å². The van der Waals surface area contributed by atoms with Crippen LogP contribution in [0.3, 0.4) is 0 Å². The molecule has 0 spiro atoms. The molecule has 1 aliphatic rings. The van der Waals surface area contributed by atoms with E-state index in [-0.39, 0.29) is 5.17 Å². The van der Waals surface area contributed by atoms with Gasteiger partial charge < -0.3 is 10.3 Å². The van der Waals surface area contributed by atoms with E-state index in [1.54, 1.807) is 0 Å². The summed E-state index contributed by atoms with van der Waals surface area (Å²) in [6, 6.07) is -0.474. The number of piperidine rings is 1. The third-order valence-corrected chi connectivity index (χ3v) is 2.45. The van der Waals surface area contributed by atoms with Crippen LogP contribution in [0.25, 0.3) is 0 Å². The van der Waals surface area contributed by atoms with Gasteiger partial charge in [0, 0.05) is 6.54 Å². The number of amides is 1. The number of rotatable bonds is 1. The van der Waals surface area contributed by atoms with Gasteiger partial charge >= 0.3 is 6.09 Å². The van der Waals surface area contributed by atoms with Gasteiger partial charge in [-0.3, -0.25) is 4.90 Å². The lowest BCUT2D eigenvalue weighted by atomic mass is 10.0. The first-order chi connectivity index (χ1) is 6.16.